The van der Waals surface area contributed by atoms with Gasteiger partial charge in [-0.15, -0.1) is 0 Å². The molecule has 4 nitrogen and oxygen atoms in total. The lowest BCUT2D eigenvalue weighted by atomic mass is 10.1. The van der Waals surface area contributed by atoms with Crippen LogP contribution in [0.25, 0.3) is 0 Å². The average molecular weight is 234 g/mol. The van der Waals surface area contributed by atoms with Gasteiger partial charge in [-0.2, -0.15) is 5.26 Å². The molecule has 17 heavy (non-hydrogen) atoms. The zero-order valence-corrected chi connectivity index (χ0v) is 10.1. The van der Waals surface area contributed by atoms with Crippen molar-refractivity contribution < 1.29 is 9.52 Å². The van der Waals surface area contributed by atoms with Gasteiger partial charge < -0.3 is 9.52 Å². The second-order valence-electron chi connectivity index (χ2n) is 4.73. The maximum atomic E-state index is 9.45. The summed E-state index contributed by atoms with van der Waals surface area (Å²) >= 11 is 0. The van der Waals surface area contributed by atoms with E-state index in [-0.39, 0.29) is 6.10 Å². The molecule has 2 atom stereocenters. The van der Waals surface area contributed by atoms with Crippen LogP contribution in [0, 0.1) is 11.3 Å². The SMILES string of the molecule is CC(O)CC1CCCN1Cc1ccc(C#N)o1. The minimum absolute atomic E-state index is 0.258. The molecule has 2 heterocycles. The summed E-state index contributed by atoms with van der Waals surface area (Å²) < 4.78 is 5.38. The Balaban J connectivity index is 1.95. The van der Waals surface area contributed by atoms with Crippen molar-refractivity contribution in [2.24, 2.45) is 0 Å². The minimum atomic E-state index is -0.258. The van der Waals surface area contributed by atoms with Crippen LogP contribution >= 0.6 is 0 Å². The molecule has 1 N–H and O–H groups in total. The number of aliphatic hydroxyl groups is 1. The first-order valence-electron chi connectivity index (χ1n) is 6.10. The lowest BCUT2D eigenvalue weighted by Crippen LogP contribution is -2.31. The molecule has 4 heteroatoms. The molecular formula is C13H18N2O2. The van der Waals surface area contributed by atoms with Gasteiger partial charge in [-0.05, 0) is 44.9 Å². The highest BCUT2D eigenvalue weighted by atomic mass is 16.3. The standard InChI is InChI=1S/C13H18N2O2/c1-10(16)7-11-3-2-6-15(11)9-13-5-4-12(8-14)17-13/h4-5,10-11,16H,2-3,6-7,9H2,1H3. The fourth-order valence-corrected chi connectivity index (χ4v) is 2.49. The fourth-order valence-electron chi connectivity index (χ4n) is 2.49. The van der Waals surface area contributed by atoms with Crippen LogP contribution in [0.2, 0.25) is 0 Å². The van der Waals surface area contributed by atoms with Gasteiger partial charge in [0.25, 0.3) is 0 Å². The number of hydrogen-bond acceptors (Lipinski definition) is 4. The first-order chi connectivity index (χ1) is 8.19. The van der Waals surface area contributed by atoms with E-state index >= 15 is 0 Å². The topological polar surface area (TPSA) is 60.4 Å². The van der Waals surface area contributed by atoms with Gasteiger partial charge in [-0.1, -0.05) is 0 Å². The molecule has 1 aliphatic heterocycles. The Labute approximate surface area is 101 Å². The van der Waals surface area contributed by atoms with E-state index in [1.165, 1.54) is 6.42 Å². The molecule has 0 aliphatic carbocycles. The first kappa shape index (κ1) is 12.2. The van der Waals surface area contributed by atoms with Gasteiger partial charge in [0.1, 0.15) is 11.8 Å². The molecule has 2 rings (SSSR count). The van der Waals surface area contributed by atoms with Gasteiger partial charge in [0.15, 0.2) is 0 Å². The van der Waals surface area contributed by atoms with E-state index in [4.69, 9.17) is 9.68 Å². The fraction of sp³-hybridized carbons (Fsp3) is 0.615. The number of aliphatic hydroxyl groups excluding tert-OH is 1. The second-order valence-corrected chi connectivity index (χ2v) is 4.73. The number of nitrogens with zero attached hydrogens (tertiary/aromatic N) is 2. The van der Waals surface area contributed by atoms with Crippen molar-refractivity contribution in [2.75, 3.05) is 6.54 Å². The van der Waals surface area contributed by atoms with Crippen molar-refractivity contribution >= 4 is 0 Å². The third kappa shape index (κ3) is 3.09. The second kappa shape index (κ2) is 5.35. The lowest BCUT2D eigenvalue weighted by Gasteiger charge is -2.24. The molecule has 92 valence electrons. The molecule has 2 unspecified atom stereocenters. The third-order valence-electron chi connectivity index (χ3n) is 3.24. The van der Waals surface area contributed by atoms with E-state index in [1.807, 2.05) is 19.1 Å². The van der Waals surface area contributed by atoms with Gasteiger partial charge >= 0.3 is 0 Å². The summed E-state index contributed by atoms with van der Waals surface area (Å²) in [5.74, 6) is 1.20. The zero-order chi connectivity index (χ0) is 12.3. The summed E-state index contributed by atoms with van der Waals surface area (Å²) in [6.07, 6.45) is 2.86. The Hall–Kier alpha value is -1.31. The Morgan fingerprint density at radius 1 is 1.65 bits per heavy atom. The molecule has 0 aromatic carbocycles. The quantitative estimate of drug-likeness (QED) is 0.864. The monoisotopic (exact) mass is 234 g/mol. The predicted molar refractivity (Wildman–Crippen MR) is 63.2 cm³/mol. The van der Waals surface area contributed by atoms with E-state index in [0.29, 0.717) is 11.8 Å². The van der Waals surface area contributed by atoms with Crippen LogP contribution in [0.4, 0.5) is 0 Å². The van der Waals surface area contributed by atoms with Crippen LogP contribution in [-0.2, 0) is 6.54 Å². The molecule has 0 spiro atoms. The molecule has 1 aromatic rings. The van der Waals surface area contributed by atoms with Crippen molar-refractivity contribution in [3.8, 4) is 6.07 Å². The molecule has 0 saturated carbocycles. The Bertz CT molecular complexity index is 406. The van der Waals surface area contributed by atoms with E-state index in [1.54, 1.807) is 6.07 Å². The van der Waals surface area contributed by atoms with Crippen LogP contribution in [0.3, 0.4) is 0 Å². The van der Waals surface area contributed by atoms with Gasteiger partial charge in [-0.3, -0.25) is 4.90 Å². The summed E-state index contributed by atoms with van der Waals surface area (Å²) in [7, 11) is 0. The zero-order valence-electron chi connectivity index (χ0n) is 10.1. The summed E-state index contributed by atoms with van der Waals surface area (Å²) in [5.41, 5.74) is 0. The van der Waals surface area contributed by atoms with Crippen molar-refractivity contribution in [3.63, 3.8) is 0 Å². The molecule has 1 aromatic heterocycles. The lowest BCUT2D eigenvalue weighted by molar-refractivity contribution is 0.127. The van der Waals surface area contributed by atoms with Crippen LogP contribution < -0.4 is 0 Å². The summed E-state index contributed by atoms with van der Waals surface area (Å²) in [6.45, 7) is 3.61. The molecule has 1 fully saturated rings. The van der Waals surface area contributed by atoms with Crippen LogP contribution in [0.5, 0.6) is 0 Å². The number of rotatable bonds is 4. The molecular weight excluding hydrogens is 216 g/mol. The Morgan fingerprint density at radius 3 is 3.12 bits per heavy atom. The number of nitriles is 1. The molecule has 1 aliphatic rings. The first-order valence-corrected chi connectivity index (χ1v) is 6.10. The van der Waals surface area contributed by atoms with Crippen molar-refractivity contribution in [3.05, 3.63) is 23.7 Å². The highest BCUT2D eigenvalue weighted by molar-refractivity contribution is 5.19. The number of hydrogen-bond donors (Lipinski definition) is 1. The maximum absolute atomic E-state index is 9.45. The average Bonchev–Trinajstić information content (AvgIpc) is 2.89. The molecule has 0 bridgehead atoms. The molecule has 1 saturated heterocycles. The van der Waals surface area contributed by atoms with E-state index in [0.717, 1.165) is 31.7 Å². The normalized spacial score (nSPS) is 22.5. The summed E-state index contributed by atoms with van der Waals surface area (Å²) in [6, 6.07) is 5.99. The number of likely N-dealkylation sites (tertiary alicyclic amines) is 1. The van der Waals surface area contributed by atoms with Crippen LogP contribution in [0.15, 0.2) is 16.5 Å². The Morgan fingerprint density at radius 2 is 2.47 bits per heavy atom. The minimum Gasteiger partial charge on any atom is -0.449 e. The summed E-state index contributed by atoms with van der Waals surface area (Å²) in [4.78, 5) is 2.33. The van der Waals surface area contributed by atoms with Crippen molar-refractivity contribution in [1.82, 2.24) is 4.90 Å². The van der Waals surface area contributed by atoms with Crippen molar-refractivity contribution in [1.29, 1.82) is 5.26 Å². The molecule has 0 amide bonds. The van der Waals surface area contributed by atoms with Gasteiger partial charge in [0.05, 0.1) is 12.6 Å². The predicted octanol–water partition coefficient (Wildman–Crippen LogP) is 1.89. The van der Waals surface area contributed by atoms with Crippen LogP contribution in [0.1, 0.15) is 37.7 Å². The van der Waals surface area contributed by atoms with Crippen molar-refractivity contribution in [2.45, 2.75) is 44.9 Å². The Kier molecular flexibility index (Phi) is 3.82. The summed E-state index contributed by atoms with van der Waals surface area (Å²) in [5, 5.41) is 18.1. The van der Waals surface area contributed by atoms with Crippen LogP contribution in [-0.4, -0.2) is 28.7 Å². The van der Waals surface area contributed by atoms with Gasteiger partial charge in [0.2, 0.25) is 5.76 Å². The largest absolute Gasteiger partial charge is 0.449 e. The number of furan rings is 1. The highest BCUT2D eigenvalue weighted by Crippen LogP contribution is 2.24. The molecule has 0 radical (unpaired) electrons. The smallest absolute Gasteiger partial charge is 0.203 e. The van der Waals surface area contributed by atoms with E-state index in [2.05, 4.69) is 4.90 Å². The highest BCUT2D eigenvalue weighted by Gasteiger charge is 2.26. The maximum Gasteiger partial charge on any atom is 0.203 e. The third-order valence-corrected chi connectivity index (χ3v) is 3.24. The van der Waals surface area contributed by atoms with Gasteiger partial charge in [0, 0.05) is 6.04 Å². The van der Waals surface area contributed by atoms with Gasteiger partial charge in [-0.25, -0.2) is 0 Å². The van der Waals surface area contributed by atoms with E-state index < -0.39 is 0 Å². The van der Waals surface area contributed by atoms with E-state index in [9.17, 15) is 5.11 Å².